The lowest BCUT2D eigenvalue weighted by atomic mass is 10.3. The summed E-state index contributed by atoms with van der Waals surface area (Å²) in [6.07, 6.45) is 1.57. The summed E-state index contributed by atoms with van der Waals surface area (Å²) < 4.78 is 41.6. The molecule has 0 saturated carbocycles. The second-order valence-corrected chi connectivity index (χ2v) is 8.92. The molecule has 0 radical (unpaired) electrons. The van der Waals surface area contributed by atoms with Crippen LogP contribution in [0.3, 0.4) is 0 Å². The van der Waals surface area contributed by atoms with Crippen LogP contribution in [-0.2, 0) is 10.0 Å². The minimum atomic E-state index is -3.43. The molecule has 0 aliphatic rings. The van der Waals surface area contributed by atoms with E-state index in [4.69, 9.17) is 13.6 Å². The van der Waals surface area contributed by atoms with E-state index in [9.17, 15) is 8.42 Å². The van der Waals surface area contributed by atoms with Gasteiger partial charge in [-0.25, -0.2) is 12.7 Å². The Labute approximate surface area is 161 Å². The maximum absolute atomic E-state index is 12.0. The monoisotopic (exact) mass is 409 g/mol. The molecule has 3 rings (SSSR count). The molecule has 0 atom stereocenters. The highest BCUT2D eigenvalue weighted by atomic mass is 32.2. The summed E-state index contributed by atoms with van der Waals surface area (Å²) in [5.74, 6) is 2.33. The maximum atomic E-state index is 12.0. The number of benzene rings is 1. The summed E-state index contributed by atoms with van der Waals surface area (Å²) in [7, 11) is -0.447. The summed E-state index contributed by atoms with van der Waals surface area (Å²) in [5, 5.41) is 8.44. The second kappa shape index (κ2) is 8.15. The van der Waals surface area contributed by atoms with Crippen LogP contribution < -0.4 is 4.74 Å². The second-order valence-electron chi connectivity index (χ2n) is 5.72. The third-order valence-corrected chi connectivity index (χ3v) is 6.29. The van der Waals surface area contributed by atoms with Gasteiger partial charge in [-0.05, 0) is 37.3 Å². The van der Waals surface area contributed by atoms with Gasteiger partial charge in [-0.1, -0.05) is 11.8 Å². The number of aromatic nitrogens is 2. The van der Waals surface area contributed by atoms with Crippen LogP contribution in [0.1, 0.15) is 5.76 Å². The molecule has 0 aliphatic carbocycles. The van der Waals surface area contributed by atoms with E-state index in [1.54, 1.807) is 24.5 Å². The fourth-order valence-electron chi connectivity index (χ4n) is 2.19. The van der Waals surface area contributed by atoms with Gasteiger partial charge in [0.25, 0.3) is 11.1 Å². The Kier molecular flexibility index (Phi) is 5.88. The minimum absolute atomic E-state index is 0.224. The normalized spacial score (nSPS) is 11.9. The first-order valence-corrected chi connectivity index (χ1v) is 10.5. The molecule has 0 N–H and O–H groups in total. The molecular formula is C17H19N3O5S2. The number of ether oxygens (including phenoxy) is 1. The lowest BCUT2D eigenvalue weighted by molar-refractivity contribution is 0.343. The summed E-state index contributed by atoms with van der Waals surface area (Å²) in [5.41, 5.74) is 0.776. The number of aryl methyl sites for hydroxylation is 1. The van der Waals surface area contributed by atoms with Gasteiger partial charge in [0.1, 0.15) is 11.5 Å². The molecule has 0 saturated heterocycles. The van der Waals surface area contributed by atoms with Gasteiger partial charge in [0.2, 0.25) is 10.0 Å². The molecule has 0 spiro atoms. The van der Waals surface area contributed by atoms with Gasteiger partial charge in [-0.2, -0.15) is 0 Å². The number of nitrogens with zero attached hydrogens (tertiary/aromatic N) is 3. The average Bonchev–Trinajstić information content (AvgIpc) is 3.27. The van der Waals surface area contributed by atoms with Gasteiger partial charge >= 0.3 is 0 Å². The number of hydrogen-bond acceptors (Lipinski definition) is 8. The lowest BCUT2D eigenvalue weighted by Gasteiger charge is -2.11. The molecule has 0 unspecified atom stereocenters. The van der Waals surface area contributed by atoms with Crippen molar-refractivity contribution >= 4 is 21.8 Å². The van der Waals surface area contributed by atoms with Crippen molar-refractivity contribution in [1.29, 1.82) is 0 Å². The smallest absolute Gasteiger partial charge is 0.276 e. The van der Waals surface area contributed by atoms with Gasteiger partial charge < -0.3 is 13.6 Å². The van der Waals surface area contributed by atoms with Gasteiger partial charge in [-0.15, -0.1) is 10.2 Å². The summed E-state index contributed by atoms with van der Waals surface area (Å²) >= 11 is 1.38. The van der Waals surface area contributed by atoms with Crippen LogP contribution in [0.15, 0.2) is 55.5 Å². The first-order valence-electron chi connectivity index (χ1n) is 8.04. The molecule has 144 valence electrons. The summed E-state index contributed by atoms with van der Waals surface area (Å²) in [6, 6.07) is 8.09. The Hall–Kier alpha value is -2.30. The number of rotatable bonds is 8. The van der Waals surface area contributed by atoms with Crippen molar-refractivity contribution in [1.82, 2.24) is 14.5 Å². The maximum Gasteiger partial charge on any atom is 0.276 e. The van der Waals surface area contributed by atoms with E-state index in [0.717, 1.165) is 11.3 Å². The van der Waals surface area contributed by atoms with E-state index in [1.165, 1.54) is 42.3 Å². The topological polar surface area (TPSA) is 98.7 Å². The fourth-order valence-corrected chi connectivity index (χ4v) is 3.67. The SMILES string of the molecule is Cc1occc1-c1nnc(SCCOc2ccc(S(=O)(=O)N(C)C)cc2)o1. The molecule has 8 nitrogen and oxygen atoms in total. The molecule has 2 aromatic heterocycles. The third-order valence-electron chi connectivity index (χ3n) is 3.68. The van der Waals surface area contributed by atoms with E-state index in [0.29, 0.717) is 29.2 Å². The van der Waals surface area contributed by atoms with E-state index in [1.807, 2.05) is 6.92 Å². The molecule has 1 aromatic carbocycles. The van der Waals surface area contributed by atoms with E-state index in [-0.39, 0.29) is 4.90 Å². The van der Waals surface area contributed by atoms with E-state index >= 15 is 0 Å². The molecule has 2 heterocycles. The highest BCUT2D eigenvalue weighted by Gasteiger charge is 2.17. The zero-order valence-corrected chi connectivity index (χ0v) is 16.7. The van der Waals surface area contributed by atoms with E-state index < -0.39 is 10.0 Å². The predicted molar refractivity (Wildman–Crippen MR) is 100 cm³/mol. The molecule has 3 aromatic rings. The van der Waals surface area contributed by atoms with Gasteiger partial charge in [-0.3, -0.25) is 0 Å². The number of thioether (sulfide) groups is 1. The third kappa shape index (κ3) is 4.52. The lowest BCUT2D eigenvalue weighted by Crippen LogP contribution is -2.22. The fraction of sp³-hybridized carbons (Fsp3) is 0.294. The van der Waals surface area contributed by atoms with Crippen molar-refractivity contribution in [3.8, 4) is 17.2 Å². The molecule has 0 aliphatic heterocycles. The van der Waals surface area contributed by atoms with Gasteiger partial charge in [0.05, 0.1) is 23.3 Å². The minimum Gasteiger partial charge on any atom is -0.493 e. The van der Waals surface area contributed by atoms with Crippen LogP contribution in [0.2, 0.25) is 0 Å². The van der Waals surface area contributed by atoms with Crippen molar-refractivity contribution in [3.05, 3.63) is 42.4 Å². The van der Waals surface area contributed by atoms with Crippen molar-refractivity contribution in [3.63, 3.8) is 0 Å². The van der Waals surface area contributed by atoms with Crippen LogP contribution in [0.4, 0.5) is 0 Å². The summed E-state index contributed by atoms with van der Waals surface area (Å²) in [6.45, 7) is 2.24. The standard InChI is InChI=1S/C17H19N3O5S2/c1-12-15(8-9-23-12)16-18-19-17(25-16)26-11-10-24-13-4-6-14(7-5-13)27(21,22)20(2)3/h4-9H,10-11H2,1-3H3. The van der Waals surface area contributed by atoms with Crippen LogP contribution >= 0.6 is 11.8 Å². The number of furan rings is 1. The van der Waals surface area contributed by atoms with Crippen LogP contribution in [-0.4, -0.2) is 49.4 Å². The Balaban J connectivity index is 1.50. The number of hydrogen-bond donors (Lipinski definition) is 0. The quantitative estimate of drug-likeness (QED) is 0.413. The molecular weight excluding hydrogens is 390 g/mol. The predicted octanol–water partition coefficient (Wildman–Crippen LogP) is 3.06. The Bertz CT molecular complexity index is 994. The van der Waals surface area contributed by atoms with E-state index in [2.05, 4.69) is 10.2 Å². The highest BCUT2D eigenvalue weighted by molar-refractivity contribution is 7.99. The molecule has 27 heavy (non-hydrogen) atoms. The van der Waals surface area contributed by atoms with Crippen molar-refractivity contribution in [2.24, 2.45) is 0 Å². The first-order chi connectivity index (χ1) is 12.9. The Morgan fingerprint density at radius 1 is 1.15 bits per heavy atom. The summed E-state index contributed by atoms with van der Waals surface area (Å²) in [4.78, 5) is 0.224. The Morgan fingerprint density at radius 3 is 2.52 bits per heavy atom. The largest absolute Gasteiger partial charge is 0.493 e. The molecule has 10 heteroatoms. The van der Waals surface area contributed by atoms with Crippen molar-refractivity contribution in [2.75, 3.05) is 26.5 Å². The van der Waals surface area contributed by atoms with Crippen LogP contribution in [0.5, 0.6) is 5.75 Å². The average molecular weight is 409 g/mol. The zero-order chi connectivity index (χ0) is 19.4. The van der Waals surface area contributed by atoms with Crippen molar-refractivity contribution in [2.45, 2.75) is 17.0 Å². The van der Waals surface area contributed by atoms with Crippen LogP contribution in [0.25, 0.3) is 11.5 Å². The number of sulfonamides is 1. The van der Waals surface area contributed by atoms with Gasteiger partial charge in [0, 0.05) is 19.8 Å². The van der Waals surface area contributed by atoms with Crippen LogP contribution in [0, 0.1) is 6.92 Å². The first kappa shape index (κ1) is 19.5. The molecule has 0 amide bonds. The molecule has 0 bridgehead atoms. The highest BCUT2D eigenvalue weighted by Crippen LogP contribution is 2.26. The van der Waals surface area contributed by atoms with Gasteiger partial charge in [0.15, 0.2) is 0 Å². The molecule has 0 fully saturated rings. The Morgan fingerprint density at radius 2 is 1.89 bits per heavy atom. The zero-order valence-electron chi connectivity index (χ0n) is 15.1. The van der Waals surface area contributed by atoms with Crippen molar-refractivity contribution < 1.29 is 22.0 Å².